The predicted molar refractivity (Wildman–Crippen MR) is 122 cm³/mol. The van der Waals surface area contributed by atoms with Gasteiger partial charge in [0, 0.05) is 39.5 Å². The van der Waals surface area contributed by atoms with Crippen molar-refractivity contribution in [3.8, 4) is 5.75 Å². The number of fused-ring (bicyclic) bond motifs is 2. The number of ether oxygens (including phenoxy) is 1. The molecule has 2 aromatic rings. The van der Waals surface area contributed by atoms with E-state index in [1.807, 2.05) is 30.5 Å². The highest BCUT2D eigenvalue weighted by molar-refractivity contribution is 7.10. The smallest absolute Gasteiger partial charge is 0.352 e. The Morgan fingerprint density at radius 3 is 2.76 bits per heavy atom. The Morgan fingerprint density at radius 1 is 1.30 bits per heavy atom. The molecule has 1 fully saturated rings. The number of nitrogens with zero attached hydrogens (tertiary/aromatic N) is 1. The van der Waals surface area contributed by atoms with E-state index in [4.69, 9.17) is 4.74 Å². The fourth-order valence-corrected chi connectivity index (χ4v) is 5.87. The average molecular weight is 466 g/mol. The Labute approximate surface area is 194 Å². The molecule has 33 heavy (non-hydrogen) atoms. The van der Waals surface area contributed by atoms with Gasteiger partial charge in [-0.2, -0.15) is 0 Å². The summed E-state index contributed by atoms with van der Waals surface area (Å²) in [5.41, 5.74) is 2.53. The first kappa shape index (κ1) is 21.6. The van der Waals surface area contributed by atoms with Gasteiger partial charge in [0.25, 0.3) is 0 Å². The Kier molecular flexibility index (Phi) is 5.22. The lowest BCUT2D eigenvalue weighted by atomic mass is 9.78. The number of carbonyl (C=O) groups excluding carboxylic acids is 2. The lowest BCUT2D eigenvalue weighted by molar-refractivity contribution is -0.163. The summed E-state index contributed by atoms with van der Waals surface area (Å²) in [6.07, 6.45) is 1.49. The zero-order chi connectivity index (χ0) is 23.4. The van der Waals surface area contributed by atoms with Crippen molar-refractivity contribution in [3.05, 3.63) is 68.6 Å². The van der Waals surface area contributed by atoms with Crippen molar-refractivity contribution in [2.24, 2.45) is 11.8 Å². The van der Waals surface area contributed by atoms with Crippen molar-refractivity contribution in [2.75, 3.05) is 6.61 Å². The summed E-state index contributed by atoms with van der Waals surface area (Å²) in [6.45, 7) is 3.40. The number of amides is 1. The molecule has 0 radical (unpaired) electrons. The van der Waals surface area contributed by atoms with E-state index in [9.17, 15) is 24.6 Å². The number of carboxylic acid groups (broad SMARTS) is 1. The minimum Gasteiger partial charge on any atom is -0.489 e. The number of ketones is 1. The van der Waals surface area contributed by atoms with Crippen LogP contribution in [0.25, 0.3) is 6.08 Å². The highest BCUT2D eigenvalue weighted by atomic mass is 32.1. The Hall–Kier alpha value is -3.23. The summed E-state index contributed by atoms with van der Waals surface area (Å²) >= 11 is 1.56. The molecule has 0 bridgehead atoms. The van der Waals surface area contributed by atoms with E-state index in [1.54, 1.807) is 36.5 Å². The summed E-state index contributed by atoms with van der Waals surface area (Å²) in [4.78, 5) is 39.7. The van der Waals surface area contributed by atoms with Crippen molar-refractivity contribution >= 4 is 35.1 Å². The number of aliphatic hydroxyl groups is 1. The second kappa shape index (κ2) is 7.97. The lowest BCUT2D eigenvalue weighted by Gasteiger charge is -2.46. The van der Waals surface area contributed by atoms with Gasteiger partial charge in [0.05, 0.1) is 18.1 Å². The molecule has 0 spiro atoms. The molecule has 0 saturated carbocycles. The first-order valence-corrected chi connectivity index (χ1v) is 11.7. The maximum atomic E-state index is 12.9. The molecule has 2 aliphatic heterocycles. The minimum absolute atomic E-state index is 0.00970. The highest BCUT2D eigenvalue weighted by Gasteiger charge is 2.59. The van der Waals surface area contributed by atoms with Crippen molar-refractivity contribution in [2.45, 2.75) is 32.4 Å². The molecule has 2 N–H and O–H groups in total. The molecule has 170 valence electrons. The van der Waals surface area contributed by atoms with Gasteiger partial charge in [0.15, 0.2) is 5.78 Å². The molecular weight excluding hydrogens is 442 g/mol. The molecule has 8 heteroatoms. The number of aliphatic hydroxyl groups excluding tert-OH is 1. The molecule has 1 aromatic carbocycles. The number of benzene rings is 1. The van der Waals surface area contributed by atoms with E-state index >= 15 is 0 Å². The number of hydrogen-bond donors (Lipinski definition) is 2. The van der Waals surface area contributed by atoms with Gasteiger partial charge in [-0.05, 0) is 30.5 Å². The third-order valence-electron chi connectivity index (χ3n) is 6.80. The van der Waals surface area contributed by atoms with Gasteiger partial charge in [-0.25, -0.2) is 4.79 Å². The molecule has 1 saturated heterocycles. The van der Waals surface area contributed by atoms with Crippen molar-refractivity contribution in [3.63, 3.8) is 0 Å². The van der Waals surface area contributed by atoms with Crippen molar-refractivity contribution in [1.82, 2.24) is 4.90 Å². The van der Waals surface area contributed by atoms with E-state index in [0.717, 1.165) is 10.4 Å². The number of hydrogen-bond acceptors (Lipinski definition) is 6. The van der Waals surface area contributed by atoms with Gasteiger partial charge in [-0.15, -0.1) is 11.3 Å². The van der Waals surface area contributed by atoms with Crippen molar-refractivity contribution < 1.29 is 29.3 Å². The van der Waals surface area contributed by atoms with Gasteiger partial charge < -0.3 is 19.8 Å². The number of Topliss-reactive ketones (excluding diaryl/α,β-unsaturated/α-hetero) is 1. The van der Waals surface area contributed by atoms with Crippen LogP contribution in [-0.2, 0) is 16.0 Å². The highest BCUT2D eigenvalue weighted by Crippen LogP contribution is 2.47. The van der Waals surface area contributed by atoms with E-state index in [2.05, 4.69) is 0 Å². The molecule has 3 heterocycles. The number of allylic oxidation sites excluding steroid dienone is 1. The maximum absolute atomic E-state index is 12.9. The third kappa shape index (κ3) is 3.32. The maximum Gasteiger partial charge on any atom is 0.352 e. The van der Waals surface area contributed by atoms with Crippen LogP contribution < -0.4 is 4.74 Å². The largest absolute Gasteiger partial charge is 0.489 e. The molecule has 1 aromatic heterocycles. The van der Waals surface area contributed by atoms with Gasteiger partial charge >= 0.3 is 5.97 Å². The van der Waals surface area contributed by atoms with Crippen LogP contribution in [0.4, 0.5) is 0 Å². The number of β-lactam (4-membered cyclic amide) rings is 1. The first-order chi connectivity index (χ1) is 15.8. The molecule has 1 aliphatic carbocycles. The zero-order valence-corrected chi connectivity index (χ0v) is 19.0. The number of thiophene rings is 1. The SMILES string of the molecule is C[C@@H](O)[C@H]1C(=O)N2C(C(=O)O)=C(COc3cccc4c3C/C(=C\c3cccs3)C4=O)[C@H](C)[C@H]12. The normalized spacial score (nSPS) is 25.8. The zero-order valence-electron chi connectivity index (χ0n) is 18.1. The minimum atomic E-state index is -1.19. The monoisotopic (exact) mass is 465 g/mol. The number of rotatable bonds is 6. The number of carbonyl (C=O) groups is 3. The number of aliphatic carboxylic acids is 1. The van der Waals surface area contributed by atoms with E-state index in [-0.39, 0.29) is 36.0 Å². The van der Waals surface area contributed by atoms with E-state index in [0.29, 0.717) is 28.9 Å². The second-order valence-electron chi connectivity index (χ2n) is 8.69. The topological polar surface area (TPSA) is 104 Å². The summed E-state index contributed by atoms with van der Waals surface area (Å²) in [5, 5.41) is 21.7. The standard InChI is InChI=1S/C25H23NO6S/c1-12-18(22(25(30)31)26-21(12)20(13(2)27)24(26)29)11-32-19-7-3-6-16-17(19)10-14(23(16)28)9-15-5-4-8-33-15/h3-9,12-13,20-21,27H,10-11H2,1-2H3,(H,30,31)/b14-9+/t12-,13+,20+,21+/m0/s1. The summed E-state index contributed by atoms with van der Waals surface area (Å²) in [5.74, 6) is -1.93. The summed E-state index contributed by atoms with van der Waals surface area (Å²) in [6, 6.07) is 8.82. The van der Waals surface area contributed by atoms with Crippen LogP contribution in [0.15, 0.2) is 52.6 Å². The fourth-order valence-electron chi connectivity index (χ4n) is 5.19. The first-order valence-electron chi connectivity index (χ1n) is 10.8. The predicted octanol–water partition coefficient (Wildman–Crippen LogP) is 3.15. The number of carboxylic acids is 1. The molecule has 0 unspecified atom stereocenters. The van der Waals surface area contributed by atoms with Crippen LogP contribution in [0.3, 0.4) is 0 Å². The molecule has 1 amide bonds. The Balaban J connectivity index is 1.41. The van der Waals surface area contributed by atoms with E-state index in [1.165, 1.54) is 4.90 Å². The Bertz CT molecular complexity index is 1230. The van der Waals surface area contributed by atoms with Crippen LogP contribution in [0, 0.1) is 11.8 Å². The average Bonchev–Trinajstić information content (AvgIpc) is 3.44. The van der Waals surface area contributed by atoms with Crippen LogP contribution in [0.5, 0.6) is 5.75 Å². The molecule has 4 atom stereocenters. The Morgan fingerprint density at radius 2 is 2.09 bits per heavy atom. The summed E-state index contributed by atoms with van der Waals surface area (Å²) < 4.78 is 6.07. The fraction of sp³-hybridized carbons (Fsp3) is 0.320. The van der Waals surface area contributed by atoms with Gasteiger partial charge in [0.2, 0.25) is 5.91 Å². The van der Waals surface area contributed by atoms with Crippen LogP contribution in [0.2, 0.25) is 0 Å². The van der Waals surface area contributed by atoms with Crippen LogP contribution in [-0.4, -0.2) is 51.5 Å². The van der Waals surface area contributed by atoms with Gasteiger partial charge in [-0.3, -0.25) is 9.59 Å². The van der Waals surface area contributed by atoms with E-state index < -0.39 is 18.0 Å². The quantitative estimate of drug-likeness (QED) is 0.502. The summed E-state index contributed by atoms with van der Waals surface area (Å²) in [7, 11) is 0. The van der Waals surface area contributed by atoms with Gasteiger partial charge in [0.1, 0.15) is 18.1 Å². The van der Waals surface area contributed by atoms with Gasteiger partial charge in [-0.1, -0.05) is 25.1 Å². The van der Waals surface area contributed by atoms with Crippen molar-refractivity contribution in [1.29, 1.82) is 0 Å². The lowest BCUT2D eigenvalue weighted by Crippen LogP contribution is -2.63. The molecule has 3 aliphatic rings. The molecular formula is C25H23NO6S. The molecule has 5 rings (SSSR count). The van der Waals surface area contributed by atoms with Crippen LogP contribution in [0.1, 0.15) is 34.6 Å². The third-order valence-corrected chi connectivity index (χ3v) is 7.62. The molecule has 7 nitrogen and oxygen atoms in total. The second-order valence-corrected chi connectivity index (χ2v) is 9.67. The van der Waals surface area contributed by atoms with Crippen LogP contribution >= 0.6 is 11.3 Å².